The van der Waals surface area contributed by atoms with Gasteiger partial charge in [-0.05, 0) is 38.8 Å². The van der Waals surface area contributed by atoms with Crippen LogP contribution in [0.4, 0.5) is 0 Å². The molecule has 1 aliphatic heterocycles. The zero-order chi connectivity index (χ0) is 22.7. The second kappa shape index (κ2) is 9.22. The van der Waals surface area contributed by atoms with Crippen LogP contribution in [0.5, 0.6) is 11.5 Å². The molecule has 2 rings (SSSR count). The van der Waals surface area contributed by atoms with Gasteiger partial charge in [-0.2, -0.15) is 4.72 Å². The Morgan fingerprint density at radius 3 is 2.30 bits per heavy atom. The van der Waals surface area contributed by atoms with E-state index in [9.17, 15) is 18.0 Å². The maximum absolute atomic E-state index is 12.9. The normalized spacial score (nSPS) is 14.9. The van der Waals surface area contributed by atoms with Crippen LogP contribution >= 0.6 is 0 Å². The summed E-state index contributed by atoms with van der Waals surface area (Å²) in [5.74, 6) is -0.336. The summed E-state index contributed by atoms with van der Waals surface area (Å²) in [5.41, 5.74) is -0.432. The molecule has 1 aliphatic rings. The van der Waals surface area contributed by atoms with E-state index < -0.39 is 27.5 Å². The van der Waals surface area contributed by atoms with E-state index in [0.717, 1.165) is 0 Å². The van der Waals surface area contributed by atoms with Gasteiger partial charge in [0.25, 0.3) is 0 Å². The molecule has 0 saturated heterocycles. The number of nitrogens with one attached hydrogen (secondary N) is 2. The van der Waals surface area contributed by atoms with E-state index in [2.05, 4.69) is 10.0 Å². The molecule has 2 N–H and O–H groups in total. The number of nitrogens with zero attached hydrogens (tertiary/aromatic N) is 1. The molecule has 9 nitrogen and oxygen atoms in total. The van der Waals surface area contributed by atoms with Crippen LogP contribution in [0.1, 0.15) is 34.6 Å². The van der Waals surface area contributed by atoms with Gasteiger partial charge in [0.05, 0.1) is 11.4 Å². The molecular formula is C20H31N3O6S. The van der Waals surface area contributed by atoms with Gasteiger partial charge in [0.15, 0.2) is 11.5 Å². The first-order valence-corrected chi connectivity index (χ1v) is 11.3. The van der Waals surface area contributed by atoms with Crippen molar-refractivity contribution in [1.82, 2.24) is 14.9 Å². The number of sulfonamides is 1. The highest BCUT2D eigenvalue weighted by molar-refractivity contribution is 7.89. The first-order valence-electron chi connectivity index (χ1n) is 9.78. The molecule has 30 heavy (non-hydrogen) atoms. The number of benzene rings is 1. The lowest BCUT2D eigenvalue weighted by Crippen LogP contribution is -2.53. The van der Waals surface area contributed by atoms with Gasteiger partial charge in [-0.15, -0.1) is 0 Å². The van der Waals surface area contributed by atoms with Gasteiger partial charge >= 0.3 is 0 Å². The number of fused-ring (bicyclic) bond motifs is 1. The van der Waals surface area contributed by atoms with Gasteiger partial charge in [-0.25, -0.2) is 8.42 Å². The molecule has 0 radical (unpaired) electrons. The average molecular weight is 442 g/mol. The minimum absolute atomic E-state index is 0.0293. The predicted molar refractivity (Wildman–Crippen MR) is 112 cm³/mol. The van der Waals surface area contributed by atoms with E-state index in [0.29, 0.717) is 24.7 Å². The quantitative estimate of drug-likeness (QED) is 0.656. The van der Waals surface area contributed by atoms with E-state index in [4.69, 9.17) is 9.47 Å². The van der Waals surface area contributed by atoms with Crippen LogP contribution in [0, 0.1) is 5.92 Å². The van der Waals surface area contributed by atoms with Crippen LogP contribution in [0.15, 0.2) is 23.1 Å². The Bertz CT molecular complexity index is 892. The van der Waals surface area contributed by atoms with Crippen molar-refractivity contribution in [3.63, 3.8) is 0 Å². The number of rotatable bonds is 7. The Labute approximate surface area is 178 Å². The largest absolute Gasteiger partial charge is 0.486 e. The van der Waals surface area contributed by atoms with Crippen LogP contribution < -0.4 is 19.5 Å². The number of carbonyl (C=O) groups excluding carboxylic acids is 2. The van der Waals surface area contributed by atoms with Crippen LogP contribution in [0.2, 0.25) is 0 Å². The zero-order valence-corrected chi connectivity index (χ0v) is 19.1. The van der Waals surface area contributed by atoms with Gasteiger partial charge in [0.1, 0.15) is 19.3 Å². The lowest BCUT2D eigenvalue weighted by molar-refractivity contribution is -0.137. The molecule has 1 aromatic carbocycles. The Balaban J connectivity index is 2.15. The van der Waals surface area contributed by atoms with Gasteiger partial charge in [0, 0.05) is 18.7 Å². The second-order valence-corrected chi connectivity index (χ2v) is 10.4. The summed E-state index contributed by atoms with van der Waals surface area (Å²) in [6.45, 7) is 9.54. The minimum atomic E-state index is -4.01. The molecular weight excluding hydrogens is 410 g/mol. The van der Waals surface area contributed by atoms with Crippen molar-refractivity contribution in [1.29, 1.82) is 0 Å². The Morgan fingerprint density at radius 1 is 1.13 bits per heavy atom. The van der Waals surface area contributed by atoms with Gasteiger partial charge in [-0.3, -0.25) is 9.59 Å². The van der Waals surface area contributed by atoms with Crippen molar-refractivity contribution >= 4 is 21.8 Å². The lowest BCUT2D eigenvalue weighted by Gasteiger charge is -2.28. The maximum Gasteiger partial charge on any atom is 0.241 e. The number of hydrogen-bond acceptors (Lipinski definition) is 6. The standard InChI is InChI=1S/C20H31N3O6S/c1-13(2)18(19(25)23(6)12-17(24)21-20(3,4)5)22-30(26,27)14-7-8-15-16(11-14)29-10-9-28-15/h7-8,11,13,18,22H,9-10,12H2,1-6H3,(H,21,24)/t18-/m0/s1. The molecule has 0 saturated carbocycles. The maximum atomic E-state index is 12.9. The van der Waals surface area contributed by atoms with Crippen molar-refractivity contribution in [2.45, 2.75) is 51.1 Å². The highest BCUT2D eigenvalue weighted by atomic mass is 32.2. The van der Waals surface area contributed by atoms with Gasteiger partial charge in [0.2, 0.25) is 21.8 Å². The van der Waals surface area contributed by atoms with Crippen LogP contribution in [-0.2, 0) is 19.6 Å². The monoisotopic (exact) mass is 441 g/mol. The van der Waals surface area contributed by atoms with E-state index in [1.54, 1.807) is 13.8 Å². The second-order valence-electron chi connectivity index (χ2n) is 8.64. The molecule has 0 spiro atoms. The van der Waals surface area contributed by atoms with Gasteiger partial charge in [-0.1, -0.05) is 13.8 Å². The fourth-order valence-corrected chi connectivity index (χ4v) is 4.24. The summed E-state index contributed by atoms with van der Waals surface area (Å²) < 4.78 is 39.2. The average Bonchev–Trinajstić information content (AvgIpc) is 2.63. The van der Waals surface area contributed by atoms with E-state index in [1.807, 2.05) is 20.8 Å². The fraction of sp³-hybridized carbons (Fsp3) is 0.600. The molecule has 0 aliphatic carbocycles. The summed E-state index contributed by atoms with van der Waals surface area (Å²) in [7, 11) is -2.54. The third kappa shape index (κ3) is 6.33. The molecule has 2 amide bonds. The van der Waals surface area contributed by atoms with E-state index in [-0.39, 0.29) is 23.3 Å². The summed E-state index contributed by atoms with van der Waals surface area (Å²) >= 11 is 0. The third-order valence-corrected chi connectivity index (χ3v) is 5.75. The van der Waals surface area contributed by atoms with Crippen LogP contribution in [0.25, 0.3) is 0 Å². The van der Waals surface area contributed by atoms with Crippen LogP contribution in [-0.4, -0.2) is 63.5 Å². The molecule has 10 heteroatoms. The molecule has 0 bridgehead atoms. The topological polar surface area (TPSA) is 114 Å². The minimum Gasteiger partial charge on any atom is -0.486 e. The van der Waals surface area contributed by atoms with Crippen molar-refractivity contribution < 1.29 is 27.5 Å². The summed E-state index contributed by atoms with van der Waals surface area (Å²) in [4.78, 5) is 26.2. The highest BCUT2D eigenvalue weighted by Crippen LogP contribution is 2.32. The van der Waals surface area contributed by atoms with Crippen molar-refractivity contribution in [3.05, 3.63) is 18.2 Å². The molecule has 1 aromatic rings. The molecule has 1 heterocycles. The summed E-state index contributed by atoms with van der Waals surface area (Å²) in [5, 5.41) is 2.78. The van der Waals surface area contributed by atoms with Crippen molar-refractivity contribution in [3.8, 4) is 11.5 Å². The summed E-state index contributed by atoms with van der Waals surface area (Å²) in [6, 6.07) is 3.27. The number of ether oxygens (including phenoxy) is 2. The van der Waals surface area contributed by atoms with Crippen molar-refractivity contribution in [2.24, 2.45) is 5.92 Å². The van der Waals surface area contributed by atoms with E-state index in [1.165, 1.54) is 30.1 Å². The molecule has 0 fully saturated rings. The molecule has 1 atom stereocenters. The number of hydrogen-bond donors (Lipinski definition) is 2. The van der Waals surface area contributed by atoms with E-state index >= 15 is 0 Å². The predicted octanol–water partition coefficient (Wildman–Crippen LogP) is 1.13. The molecule has 0 aromatic heterocycles. The molecule has 0 unspecified atom stereocenters. The number of amides is 2. The van der Waals surface area contributed by atoms with Crippen molar-refractivity contribution in [2.75, 3.05) is 26.8 Å². The number of likely N-dealkylation sites (N-methyl/N-ethyl adjacent to an activating group) is 1. The SMILES string of the molecule is CC(C)[C@H](NS(=O)(=O)c1ccc2c(c1)OCCO2)C(=O)N(C)CC(=O)NC(C)(C)C. The smallest absolute Gasteiger partial charge is 0.241 e. The van der Waals surface area contributed by atoms with Gasteiger partial charge < -0.3 is 19.7 Å². The highest BCUT2D eigenvalue weighted by Gasteiger charge is 2.32. The fourth-order valence-electron chi connectivity index (χ4n) is 2.89. The first-order chi connectivity index (χ1) is 13.8. The molecule has 168 valence electrons. The Kier molecular flexibility index (Phi) is 7.36. The lowest BCUT2D eigenvalue weighted by atomic mass is 10.0. The number of carbonyl (C=O) groups is 2. The Hall–Kier alpha value is -2.33. The zero-order valence-electron chi connectivity index (χ0n) is 18.3. The van der Waals surface area contributed by atoms with Crippen LogP contribution in [0.3, 0.4) is 0 Å². The first kappa shape index (κ1) is 23.9. The Morgan fingerprint density at radius 2 is 1.73 bits per heavy atom. The summed E-state index contributed by atoms with van der Waals surface area (Å²) in [6.07, 6.45) is 0. The third-order valence-electron chi connectivity index (χ3n) is 4.31.